The number of rotatable bonds is 13. The highest BCUT2D eigenvalue weighted by Crippen LogP contribution is 2.18. The van der Waals surface area contributed by atoms with Gasteiger partial charge >= 0.3 is 0 Å². The highest BCUT2D eigenvalue weighted by atomic mass is 14.1. The Morgan fingerprint density at radius 1 is 0.529 bits per heavy atom. The minimum absolute atomic E-state index is 0.975. The van der Waals surface area contributed by atoms with Crippen molar-refractivity contribution in [2.45, 2.75) is 104 Å². The van der Waals surface area contributed by atoms with Crippen molar-refractivity contribution < 1.29 is 0 Å². The quantitative estimate of drug-likeness (QED) is 0.313. The maximum Gasteiger partial charge on any atom is -0.0443 e. The van der Waals surface area contributed by atoms with E-state index in [9.17, 15) is 0 Å². The average Bonchev–Trinajstić information content (AvgIpc) is 2.33. The summed E-state index contributed by atoms with van der Waals surface area (Å²) in [6.45, 7) is 7.04. The summed E-state index contributed by atoms with van der Waals surface area (Å²) < 4.78 is 0. The van der Waals surface area contributed by atoms with E-state index in [1.165, 1.54) is 83.5 Å². The number of hydrogen-bond donors (Lipinski definition) is 0. The smallest absolute Gasteiger partial charge is 0.0443 e. The van der Waals surface area contributed by atoms with Gasteiger partial charge in [0, 0.05) is 0 Å². The van der Waals surface area contributed by atoms with Gasteiger partial charge < -0.3 is 0 Å². The first-order chi connectivity index (χ1) is 8.31. The highest BCUT2D eigenvalue weighted by molar-refractivity contribution is 4.55. The van der Waals surface area contributed by atoms with Crippen LogP contribution in [0.4, 0.5) is 0 Å². The zero-order valence-corrected chi connectivity index (χ0v) is 12.8. The lowest BCUT2D eigenvalue weighted by Gasteiger charge is -2.10. The molecular formula is C17H36. The Hall–Kier alpha value is 0. The van der Waals surface area contributed by atoms with Crippen LogP contribution in [-0.4, -0.2) is 0 Å². The van der Waals surface area contributed by atoms with Gasteiger partial charge in [-0.25, -0.2) is 0 Å². The molecule has 0 radical (unpaired) electrons. The van der Waals surface area contributed by atoms with Crippen LogP contribution in [-0.2, 0) is 0 Å². The molecule has 0 aliphatic carbocycles. The van der Waals surface area contributed by atoms with Crippen LogP contribution < -0.4 is 0 Å². The number of unbranched alkanes of at least 4 members (excludes halogenated alkanes) is 9. The SMILES string of the molecule is CCCCCCCCC(C)CCCCCCC. The lowest BCUT2D eigenvalue weighted by atomic mass is 9.96. The molecule has 1 unspecified atom stereocenters. The molecule has 0 saturated heterocycles. The predicted octanol–water partition coefficient (Wildman–Crippen LogP) is 6.73. The fourth-order valence-electron chi connectivity index (χ4n) is 2.51. The van der Waals surface area contributed by atoms with Gasteiger partial charge in [0.2, 0.25) is 0 Å². The van der Waals surface area contributed by atoms with Gasteiger partial charge in [-0.3, -0.25) is 0 Å². The minimum atomic E-state index is 0.975. The fourth-order valence-corrected chi connectivity index (χ4v) is 2.51. The average molecular weight is 240 g/mol. The number of hydrogen-bond acceptors (Lipinski definition) is 0. The van der Waals surface area contributed by atoms with Crippen molar-refractivity contribution in [3.8, 4) is 0 Å². The summed E-state index contributed by atoms with van der Waals surface area (Å²) in [5.41, 5.74) is 0. The van der Waals surface area contributed by atoms with Crippen LogP contribution in [0, 0.1) is 5.92 Å². The molecule has 17 heavy (non-hydrogen) atoms. The fraction of sp³-hybridized carbons (Fsp3) is 1.00. The van der Waals surface area contributed by atoms with Crippen molar-refractivity contribution in [3.05, 3.63) is 0 Å². The standard InChI is InChI=1S/C17H36/c1-4-6-8-10-12-14-16-17(3)15-13-11-9-7-5-2/h17H,4-16H2,1-3H3. The molecule has 0 heteroatoms. The van der Waals surface area contributed by atoms with Crippen LogP contribution in [0.25, 0.3) is 0 Å². The second-order valence-corrected chi connectivity index (χ2v) is 5.86. The summed E-state index contributed by atoms with van der Waals surface area (Å²) in [6.07, 6.45) is 18.8. The van der Waals surface area contributed by atoms with Gasteiger partial charge in [-0.05, 0) is 5.92 Å². The Morgan fingerprint density at radius 3 is 1.29 bits per heavy atom. The first-order valence-corrected chi connectivity index (χ1v) is 8.31. The topological polar surface area (TPSA) is 0 Å². The van der Waals surface area contributed by atoms with Gasteiger partial charge in [-0.1, -0.05) is 104 Å². The first kappa shape index (κ1) is 17.0. The second kappa shape index (κ2) is 14.1. The van der Waals surface area contributed by atoms with Crippen LogP contribution >= 0.6 is 0 Å². The van der Waals surface area contributed by atoms with E-state index >= 15 is 0 Å². The monoisotopic (exact) mass is 240 g/mol. The van der Waals surface area contributed by atoms with E-state index < -0.39 is 0 Å². The van der Waals surface area contributed by atoms with Crippen molar-refractivity contribution in [2.75, 3.05) is 0 Å². The van der Waals surface area contributed by atoms with Gasteiger partial charge in [-0.2, -0.15) is 0 Å². The first-order valence-electron chi connectivity index (χ1n) is 8.31. The predicted molar refractivity (Wildman–Crippen MR) is 80.5 cm³/mol. The van der Waals surface area contributed by atoms with E-state index in [1.54, 1.807) is 0 Å². The van der Waals surface area contributed by atoms with Gasteiger partial charge in [0.05, 0.1) is 0 Å². The zero-order chi connectivity index (χ0) is 12.8. The van der Waals surface area contributed by atoms with Crippen LogP contribution in [0.1, 0.15) is 104 Å². The van der Waals surface area contributed by atoms with Gasteiger partial charge in [0.25, 0.3) is 0 Å². The van der Waals surface area contributed by atoms with E-state index in [1.807, 2.05) is 0 Å². The molecule has 0 rings (SSSR count). The summed E-state index contributed by atoms with van der Waals surface area (Å²) in [6, 6.07) is 0. The molecule has 1 atom stereocenters. The van der Waals surface area contributed by atoms with E-state index in [4.69, 9.17) is 0 Å². The van der Waals surface area contributed by atoms with Crippen molar-refractivity contribution in [2.24, 2.45) is 5.92 Å². The molecule has 0 aliphatic rings. The van der Waals surface area contributed by atoms with Crippen molar-refractivity contribution in [3.63, 3.8) is 0 Å². The summed E-state index contributed by atoms with van der Waals surface area (Å²) in [7, 11) is 0. The second-order valence-electron chi connectivity index (χ2n) is 5.86. The molecule has 0 heterocycles. The molecule has 104 valence electrons. The van der Waals surface area contributed by atoms with Gasteiger partial charge in [0.15, 0.2) is 0 Å². The van der Waals surface area contributed by atoms with Crippen LogP contribution in [0.2, 0.25) is 0 Å². The highest BCUT2D eigenvalue weighted by Gasteiger charge is 2.01. The minimum Gasteiger partial charge on any atom is -0.0654 e. The van der Waals surface area contributed by atoms with E-state index in [2.05, 4.69) is 20.8 Å². The van der Waals surface area contributed by atoms with Crippen LogP contribution in [0.15, 0.2) is 0 Å². The Labute approximate surface area is 111 Å². The summed E-state index contributed by atoms with van der Waals surface area (Å²) in [4.78, 5) is 0. The molecule has 0 nitrogen and oxygen atoms in total. The molecule has 0 saturated carbocycles. The molecule has 0 aromatic carbocycles. The maximum absolute atomic E-state index is 2.45. The Bertz CT molecular complexity index is 128. The van der Waals surface area contributed by atoms with Crippen LogP contribution in [0.3, 0.4) is 0 Å². The molecule has 0 aliphatic heterocycles. The van der Waals surface area contributed by atoms with E-state index in [0.717, 1.165) is 5.92 Å². The molecular weight excluding hydrogens is 204 g/mol. The van der Waals surface area contributed by atoms with Gasteiger partial charge in [-0.15, -0.1) is 0 Å². The zero-order valence-electron chi connectivity index (χ0n) is 12.8. The normalized spacial score (nSPS) is 12.9. The third-order valence-corrected chi connectivity index (χ3v) is 3.85. The third kappa shape index (κ3) is 13.9. The lowest BCUT2D eigenvalue weighted by molar-refractivity contribution is 0.432. The molecule has 0 aromatic rings. The molecule has 0 spiro atoms. The molecule has 0 amide bonds. The van der Waals surface area contributed by atoms with E-state index in [0.29, 0.717) is 0 Å². The Morgan fingerprint density at radius 2 is 0.882 bits per heavy atom. The Balaban J connectivity index is 3.09. The van der Waals surface area contributed by atoms with Crippen molar-refractivity contribution >= 4 is 0 Å². The van der Waals surface area contributed by atoms with Crippen molar-refractivity contribution in [1.29, 1.82) is 0 Å². The third-order valence-electron chi connectivity index (χ3n) is 3.85. The Kier molecular flexibility index (Phi) is 14.1. The molecule has 0 bridgehead atoms. The molecule has 0 N–H and O–H groups in total. The van der Waals surface area contributed by atoms with E-state index in [-0.39, 0.29) is 0 Å². The van der Waals surface area contributed by atoms with Crippen LogP contribution in [0.5, 0.6) is 0 Å². The lowest BCUT2D eigenvalue weighted by Crippen LogP contribution is -1.95. The summed E-state index contributed by atoms with van der Waals surface area (Å²) in [5.74, 6) is 0.975. The summed E-state index contributed by atoms with van der Waals surface area (Å²) in [5, 5.41) is 0. The van der Waals surface area contributed by atoms with Crippen molar-refractivity contribution in [1.82, 2.24) is 0 Å². The van der Waals surface area contributed by atoms with Gasteiger partial charge in [0.1, 0.15) is 0 Å². The summed E-state index contributed by atoms with van der Waals surface area (Å²) >= 11 is 0. The largest absolute Gasteiger partial charge is 0.0654 e. The molecule has 0 fully saturated rings. The molecule has 0 aromatic heterocycles. The maximum atomic E-state index is 2.45.